The molecule has 0 atom stereocenters. The highest BCUT2D eigenvalue weighted by atomic mass is 32.2. The molecule has 2 heterocycles. The fourth-order valence-corrected chi connectivity index (χ4v) is 4.33. The van der Waals surface area contributed by atoms with E-state index in [0.29, 0.717) is 12.5 Å². The van der Waals surface area contributed by atoms with Crippen molar-refractivity contribution < 1.29 is 13.2 Å². The monoisotopic (exact) mass is 345 g/mol. The molecule has 0 saturated carbocycles. The number of nitrogens with zero attached hydrogens (tertiary/aromatic N) is 1. The Morgan fingerprint density at radius 1 is 1.38 bits per heavy atom. The van der Waals surface area contributed by atoms with E-state index in [1.807, 2.05) is 13.8 Å². The number of carbonyl (C=O) groups excluding carboxylic acids is 1. The Balaban J connectivity index is 2.05. The SMILES string of the molecule is CC(C)CNC(=O)c1csc(NS(=O)(=O)c2cccs2)n1. The molecule has 114 valence electrons. The van der Waals surface area contributed by atoms with Crippen LogP contribution in [-0.4, -0.2) is 25.9 Å². The number of amides is 1. The Morgan fingerprint density at radius 3 is 2.76 bits per heavy atom. The summed E-state index contributed by atoms with van der Waals surface area (Å²) < 4.78 is 26.6. The number of hydrogen-bond acceptors (Lipinski definition) is 6. The van der Waals surface area contributed by atoms with E-state index in [9.17, 15) is 13.2 Å². The third-order valence-electron chi connectivity index (χ3n) is 2.39. The molecular weight excluding hydrogens is 330 g/mol. The molecule has 0 aromatic carbocycles. The first-order chi connectivity index (χ1) is 9.88. The molecule has 2 aromatic rings. The molecule has 1 amide bonds. The van der Waals surface area contributed by atoms with Crippen LogP contribution in [0, 0.1) is 5.92 Å². The molecule has 0 aliphatic heterocycles. The molecule has 21 heavy (non-hydrogen) atoms. The van der Waals surface area contributed by atoms with Gasteiger partial charge in [0.1, 0.15) is 9.90 Å². The smallest absolute Gasteiger partial charge is 0.273 e. The first-order valence-corrected chi connectivity index (χ1v) is 9.43. The summed E-state index contributed by atoms with van der Waals surface area (Å²) in [6.07, 6.45) is 0. The van der Waals surface area contributed by atoms with Crippen LogP contribution in [0.2, 0.25) is 0 Å². The van der Waals surface area contributed by atoms with E-state index in [1.54, 1.807) is 11.4 Å². The van der Waals surface area contributed by atoms with Gasteiger partial charge in [0, 0.05) is 11.9 Å². The maximum atomic E-state index is 12.0. The topological polar surface area (TPSA) is 88.2 Å². The molecule has 2 aromatic heterocycles. The Morgan fingerprint density at radius 2 is 2.14 bits per heavy atom. The van der Waals surface area contributed by atoms with Crippen LogP contribution in [0.25, 0.3) is 0 Å². The number of hydrogen-bond donors (Lipinski definition) is 2. The standard InChI is InChI=1S/C12H15N3O3S3/c1-8(2)6-13-11(16)9-7-20-12(14-9)15-21(17,18)10-4-3-5-19-10/h3-5,7-8H,6H2,1-2H3,(H,13,16)(H,14,15). The maximum Gasteiger partial charge on any atom is 0.273 e. The minimum absolute atomic E-state index is 0.179. The van der Waals surface area contributed by atoms with Crippen LogP contribution in [0.5, 0.6) is 0 Å². The number of thiazole rings is 1. The van der Waals surface area contributed by atoms with Crippen molar-refractivity contribution in [2.24, 2.45) is 5.92 Å². The second kappa shape index (κ2) is 6.54. The zero-order valence-electron chi connectivity index (χ0n) is 11.5. The molecule has 0 aliphatic rings. The molecule has 6 nitrogen and oxygen atoms in total. The van der Waals surface area contributed by atoms with Crippen molar-refractivity contribution in [3.05, 3.63) is 28.6 Å². The summed E-state index contributed by atoms with van der Waals surface area (Å²) in [5.74, 6) is 0.0332. The first kappa shape index (κ1) is 15.9. The summed E-state index contributed by atoms with van der Waals surface area (Å²) in [4.78, 5) is 15.8. The summed E-state index contributed by atoms with van der Waals surface area (Å²) in [6.45, 7) is 4.52. The zero-order valence-corrected chi connectivity index (χ0v) is 13.9. The van der Waals surface area contributed by atoms with Gasteiger partial charge in [-0.2, -0.15) is 0 Å². The van der Waals surface area contributed by atoms with E-state index < -0.39 is 10.0 Å². The lowest BCUT2D eigenvalue weighted by atomic mass is 10.2. The van der Waals surface area contributed by atoms with Gasteiger partial charge in [0.15, 0.2) is 5.13 Å². The molecule has 0 bridgehead atoms. The van der Waals surface area contributed by atoms with Gasteiger partial charge in [0.2, 0.25) is 0 Å². The number of thiophene rings is 1. The lowest BCUT2D eigenvalue weighted by Gasteiger charge is -2.05. The minimum Gasteiger partial charge on any atom is -0.350 e. The van der Waals surface area contributed by atoms with E-state index in [2.05, 4.69) is 15.0 Å². The van der Waals surface area contributed by atoms with Crippen LogP contribution in [0.1, 0.15) is 24.3 Å². The van der Waals surface area contributed by atoms with Crippen LogP contribution in [0.4, 0.5) is 5.13 Å². The Kier molecular flexibility index (Phi) is 4.96. The summed E-state index contributed by atoms with van der Waals surface area (Å²) in [5, 5.41) is 6.12. The average molecular weight is 345 g/mol. The van der Waals surface area contributed by atoms with E-state index in [1.165, 1.54) is 11.4 Å². The van der Waals surface area contributed by atoms with Crippen LogP contribution >= 0.6 is 22.7 Å². The summed E-state index contributed by atoms with van der Waals surface area (Å²) in [6, 6.07) is 3.17. The summed E-state index contributed by atoms with van der Waals surface area (Å²) in [7, 11) is -3.62. The molecule has 0 saturated heterocycles. The highest BCUT2D eigenvalue weighted by Crippen LogP contribution is 2.22. The average Bonchev–Trinajstić information content (AvgIpc) is 3.06. The van der Waals surface area contributed by atoms with Gasteiger partial charge in [-0.15, -0.1) is 22.7 Å². The highest BCUT2D eigenvalue weighted by Gasteiger charge is 2.18. The molecule has 2 rings (SSSR count). The Bertz CT molecular complexity index is 705. The van der Waals surface area contributed by atoms with E-state index in [4.69, 9.17) is 0 Å². The van der Waals surface area contributed by atoms with Crippen molar-refractivity contribution in [1.29, 1.82) is 0 Å². The van der Waals surface area contributed by atoms with Crippen molar-refractivity contribution in [3.8, 4) is 0 Å². The van der Waals surface area contributed by atoms with E-state index >= 15 is 0 Å². The van der Waals surface area contributed by atoms with Gasteiger partial charge in [-0.25, -0.2) is 13.4 Å². The van der Waals surface area contributed by atoms with Crippen LogP contribution in [-0.2, 0) is 10.0 Å². The van der Waals surface area contributed by atoms with Crippen LogP contribution < -0.4 is 10.0 Å². The number of sulfonamides is 1. The quantitative estimate of drug-likeness (QED) is 0.841. The van der Waals surface area contributed by atoms with Gasteiger partial charge >= 0.3 is 0 Å². The van der Waals surface area contributed by atoms with Crippen LogP contribution in [0.3, 0.4) is 0 Å². The number of aromatic nitrogens is 1. The molecule has 9 heteroatoms. The minimum atomic E-state index is -3.62. The Labute approximate surface area is 131 Å². The number of anilines is 1. The van der Waals surface area contributed by atoms with E-state index in [0.717, 1.165) is 22.7 Å². The van der Waals surface area contributed by atoms with Gasteiger partial charge in [-0.05, 0) is 17.4 Å². The third kappa shape index (κ3) is 4.26. The predicted molar refractivity (Wildman–Crippen MR) is 84.4 cm³/mol. The molecule has 0 unspecified atom stereocenters. The summed E-state index contributed by atoms with van der Waals surface area (Å²) >= 11 is 2.20. The third-order valence-corrected chi connectivity index (χ3v) is 6.01. The number of nitrogens with one attached hydrogen (secondary N) is 2. The number of rotatable bonds is 6. The molecule has 0 aliphatic carbocycles. The molecule has 0 fully saturated rings. The van der Waals surface area contributed by atoms with Crippen molar-refractivity contribution in [2.45, 2.75) is 18.1 Å². The highest BCUT2D eigenvalue weighted by molar-refractivity contribution is 7.94. The van der Waals surface area contributed by atoms with Crippen molar-refractivity contribution in [3.63, 3.8) is 0 Å². The number of carbonyl (C=O) groups is 1. The van der Waals surface area contributed by atoms with Gasteiger partial charge in [0.05, 0.1) is 0 Å². The van der Waals surface area contributed by atoms with Crippen molar-refractivity contribution in [2.75, 3.05) is 11.3 Å². The fourth-order valence-electron chi connectivity index (χ4n) is 1.39. The molecular formula is C12H15N3O3S3. The second-order valence-corrected chi connectivity index (χ2v) is 8.39. The van der Waals surface area contributed by atoms with Gasteiger partial charge in [-0.3, -0.25) is 9.52 Å². The lowest BCUT2D eigenvalue weighted by Crippen LogP contribution is -2.27. The molecule has 0 spiro atoms. The summed E-state index contributed by atoms with van der Waals surface area (Å²) in [5.41, 5.74) is 0.213. The van der Waals surface area contributed by atoms with Gasteiger partial charge < -0.3 is 5.32 Å². The van der Waals surface area contributed by atoms with Crippen LogP contribution in [0.15, 0.2) is 27.1 Å². The Hall–Kier alpha value is -1.45. The van der Waals surface area contributed by atoms with Gasteiger partial charge in [0.25, 0.3) is 15.9 Å². The molecule has 0 radical (unpaired) electrons. The van der Waals surface area contributed by atoms with Crippen molar-refractivity contribution in [1.82, 2.24) is 10.3 Å². The molecule has 2 N–H and O–H groups in total. The fraction of sp³-hybridized carbons (Fsp3) is 0.333. The zero-order chi connectivity index (χ0) is 15.5. The van der Waals surface area contributed by atoms with Crippen molar-refractivity contribution >= 4 is 43.7 Å². The predicted octanol–water partition coefficient (Wildman–Crippen LogP) is 2.39. The first-order valence-electron chi connectivity index (χ1n) is 6.18. The van der Waals surface area contributed by atoms with Gasteiger partial charge in [-0.1, -0.05) is 19.9 Å². The normalized spacial score (nSPS) is 11.6. The largest absolute Gasteiger partial charge is 0.350 e. The van der Waals surface area contributed by atoms with E-state index in [-0.39, 0.29) is 20.9 Å². The lowest BCUT2D eigenvalue weighted by molar-refractivity contribution is 0.0945. The second-order valence-electron chi connectivity index (χ2n) is 4.68. The maximum absolute atomic E-state index is 12.0.